The summed E-state index contributed by atoms with van der Waals surface area (Å²) in [4.78, 5) is 0. The molecule has 0 aliphatic rings. The van der Waals surface area contributed by atoms with Crippen LogP contribution in [0, 0.1) is 0 Å². The summed E-state index contributed by atoms with van der Waals surface area (Å²) in [5, 5.41) is 11.0. The highest BCUT2D eigenvalue weighted by atomic mass is 32.2. The van der Waals surface area contributed by atoms with E-state index in [0.29, 0.717) is 6.54 Å². The maximum Gasteiger partial charge on any atom is 0.149 e. The largest absolute Gasteiger partial charge is 0.308 e. The standard InChI is InChI=1S/C10H20N4O2S/c1-4-6-14-10(7-12-13-14)9(11-5-2)8-17(3,15)16/h7,9,11H,4-6,8H2,1-3H3. The van der Waals surface area contributed by atoms with Gasteiger partial charge in [-0.25, -0.2) is 13.1 Å². The first-order valence-corrected chi connectivity index (χ1v) is 7.83. The second-order valence-corrected chi connectivity index (χ2v) is 6.27. The SMILES string of the molecule is CCCn1nncc1C(CS(C)(=O)=O)NCC. The van der Waals surface area contributed by atoms with Crippen LogP contribution in [0.15, 0.2) is 6.20 Å². The number of aromatic nitrogens is 3. The third-order valence-corrected chi connectivity index (χ3v) is 3.30. The predicted molar refractivity (Wildman–Crippen MR) is 66.4 cm³/mol. The van der Waals surface area contributed by atoms with E-state index < -0.39 is 9.84 Å². The van der Waals surface area contributed by atoms with Crippen molar-refractivity contribution in [3.05, 3.63) is 11.9 Å². The number of hydrogen-bond donors (Lipinski definition) is 1. The van der Waals surface area contributed by atoms with E-state index in [9.17, 15) is 8.42 Å². The van der Waals surface area contributed by atoms with Crippen LogP contribution >= 0.6 is 0 Å². The molecule has 1 rings (SSSR count). The van der Waals surface area contributed by atoms with Crippen molar-refractivity contribution in [2.45, 2.75) is 32.9 Å². The van der Waals surface area contributed by atoms with Crippen molar-refractivity contribution in [1.82, 2.24) is 20.3 Å². The van der Waals surface area contributed by atoms with Crippen molar-refractivity contribution in [2.75, 3.05) is 18.6 Å². The van der Waals surface area contributed by atoms with Crippen molar-refractivity contribution < 1.29 is 8.42 Å². The Morgan fingerprint density at radius 1 is 1.47 bits per heavy atom. The monoisotopic (exact) mass is 260 g/mol. The third-order valence-electron chi connectivity index (χ3n) is 2.36. The molecule has 6 nitrogen and oxygen atoms in total. The molecular weight excluding hydrogens is 240 g/mol. The van der Waals surface area contributed by atoms with E-state index in [2.05, 4.69) is 15.6 Å². The third kappa shape index (κ3) is 4.43. The maximum absolute atomic E-state index is 11.4. The average Bonchev–Trinajstić information content (AvgIpc) is 2.64. The molecule has 0 spiro atoms. The number of hydrogen-bond acceptors (Lipinski definition) is 5. The van der Waals surface area contributed by atoms with Gasteiger partial charge in [0.05, 0.1) is 23.7 Å². The Morgan fingerprint density at radius 3 is 2.71 bits per heavy atom. The predicted octanol–water partition coefficient (Wildman–Crippen LogP) is 0.383. The molecule has 1 N–H and O–H groups in total. The highest BCUT2D eigenvalue weighted by Gasteiger charge is 2.20. The fourth-order valence-corrected chi connectivity index (χ4v) is 2.61. The summed E-state index contributed by atoms with van der Waals surface area (Å²) in [6, 6.07) is -0.239. The normalized spacial score (nSPS) is 13.8. The van der Waals surface area contributed by atoms with Gasteiger partial charge < -0.3 is 5.32 Å². The summed E-state index contributed by atoms with van der Waals surface area (Å²) >= 11 is 0. The average molecular weight is 260 g/mol. The Morgan fingerprint density at radius 2 is 2.18 bits per heavy atom. The van der Waals surface area contributed by atoms with Crippen molar-refractivity contribution in [2.24, 2.45) is 0 Å². The zero-order chi connectivity index (χ0) is 12.9. The lowest BCUT2D eigenvalue weighted by molar-refractivity contribution is 0.493. The summed E-state index contributed by atoms with van der Waals surface area (Å²) < 4.78 is 24.5. The van der Waals surface area contributed by atoms with Gasteiger partial charge in [0.1, 0.15) is 9.84 Å². The second-order valence-electron chi connectivity index (χ2n) is 4.08. The van der Waals surface area contributed by atoms with Gasteiger partial charge in [0, 0.05) is 12.8 Å². The minimum atomic E-state index is -3.03. The quantitative estimate of drug-likeness (QED) is 0.767. The summed E-state index contributed by atoms with van der Waals surface area (Å²) in [7, 11) is -3.03. The number of nitrogens with one attached hydrogen (secondary N) is 1. The van der Waals surface area contributed by atoms with Crippen molar-refractivity contribution in [3.8, 4) is 0 Å². The lowest BCUT2D eigenvalue weighted by atomic mass is 10.2. The molecule has 1 aromatic heterocycles. The van der Waals surface area contributed by atoms with E-state index in [4.69, 9.17) is 0 Å². The highest BCUT2D eigenvalue weighted by Crippen LogP contribution is 2.13. The van der Waals surface area contributed by atoms with Gasteiger partial charge in [0.2, 0.25) is 0 Å². The molecule has 98 valence electrons. The summed E-state index contributed by atoms with van der Waals surface area (Å²) in [5.41, 5.74) is 0.833. The Labute approximate surface area is 102 Å². The van der Waals surface area contributed by atoms with Gasteiger partial charge in [-0.15, -0.1) is 5.10 Å². The van der Waals surface area contributed by atoms with E-state index in [0.717, 1.165) is 18.7 Å². The summed E-state index contributed by atoms with van der Waals surface area (Å²) in [6.45, 7) is 5.45. The minimum absolute atomic E-state index is 0.0674. The molecule has 17 heavy (non-hydrogen) atoms. The van der Waals surface area contributed by atoms with Gasteiger partial charge in [-0.3, -0.25) is 0 Å². The molecule has 0 saturated heterocycles. The van der Waals surface area contributed by atoms with E-state index in [-0.39, 0.29) is 11.8 Å². The van der Waals surface area contributed by atoms with Crippen LogP contribution in [0.5, 0.6) is 0 Å². The fraction of sp³-hybridized carbons (Fsp3) is 0.800. The Balaban J connectivity index is 2.92. The van der Waals surface area contributed by atoms with Crippen LogP contribution in [-0.2, 0) is 16.4 Å². The molecule has 0 saturated carbocycles. The van der Waals surface area contributed by atoms with Crippen LogP contribution in [0.2, 0.25) is 0 Å². The molecule has 1 heterocycles. The van der Waals surface area contributed by atoms with Crippen LogP contribution in [-0.4, -0.2) is 42.0 Å². The highest BCUT2D eigenvalue weighted by molar-refractivity contribution is 7.90. The molecule has 1 aromatic rings. The van der Waals surface area contributed by atoms with Crippen molar-refractivity contribution in [3.63, 3.8) is 0 Å². The van der Waals surface area contributed by atoms with Crippen LogP contribution in [0.1, 0.15) is 32.0 Å². The molecule has 0 amide bonds. The van der Waals surface area contributed by atoms with Gasteiger partial charge in [-0.05, 0) is 13.0 Å². The summed E-state index contributed by atoms with van der Waals surface area (Å²) in [5.74, 6) is 0.0674. The maximum atomic E-state index is 11.4. The van der Waals surface area contributed by atoms with Crippen LogP contribution < -0.4 is 5.32 Å². The molecule has 0 aliphatic carbocycles. The van der Waals surface area contributed by atoms with E-state index in [1.165, 1.54) is 6.26 Å². The molecule has 0 fully saturated rings. The molecule has 0 aliphatic heterocycles. The zero-order valence-corrected chi connectivity index (χ0v) is 11.4. The number of sulfone groups is 1. The molecule has 0 aromatic carbocycles. The van der Waals surface area contributed by atoms with E-state index in [1.54, 1.807) is 10.9 Å². The Bertz CT molecular complexity index is 441. The molecule has 1 unspecified atom stereocenters. The van der Waals surface area contributed by atoms with Gasteiger partial charge >= 0.3 is 0 Å². The van der Waals surface area contributed by atoms with Crippen molar-refractivity contribution >= 4 is 9.84 Å². The second kappa shape index (κ2) is 6.11. The molecular formula is C10H20N4O2S. The van der Waals surface area contributed by atoms with Crippen LogP contribution in [0.25, 0.3) is 0 Å². The Hall–Kier alpha value is -0.950. The van der Waals surface area contributed by atoms with E-state index >= 15 is 0 Å². The zero-order valence-electron chi connectivity index (χ0n) is 10.5. The van der Waals surface area contributed by atoms with Crippen LogP contribution in [0.4, 0.5) is 0 Å². The smallest absolute Gasteiger partial charge is 0.149 e. The number of rotatable bonds is 7. The first-order chi connectivity index (χ1) is 7.98. The topological polar surface area (TPSA) is 76.9 Å². The summed E-state index contributed by atoms with van der Waals surface area (Å²) in [6.07, 6.45) is 3.81. The lowest BCUT2D eigenvalue weighted by Gasteiger charge is -2.17. The molecule has 0 bridgehead atoms. The number of nitrogens with zero attached hydrogens (tertiary/aromatic N) is 3. The Kier molecular flexibility index (Phi) is 5.07. The minimum Gasteiger partial charge on any atom is -0.308 e. The lowest BCUT2D eigenvalue weighted by Crippen LogP contribution is -2.29. The fourth-order valence-electron chi connectivity index (χ4n) is 1.72. The van der Waals surface area contributed by atoms with Gasteiger partial charge in [-0.1, -0.05) is 19.1 Å². The van der Waals surface area contributed by atoms with E-state index in [1.807, 2.05) is 13.8 Å². The molecule has 7 heteroatoms. The molecule has 1 atom stereocenters. The van der Waals surface area contributed by atoms with Crippen molar-refractivity contribution in [1.29, 1.82) is 0 Å². The van der Waals surface area contributed by atoms with Gasteiger partial charge in [0.25, 0.3) is 0 Å². The first kappa shape index (κ1) is 14.1. The van der Waals surface area contributed by atoms with Gasteiger partial charge in [-0.2, -0.15) is 0 Å². The number of aryl methyl sites for hydroxylation is 1. The first-order valence-electron chi connectivity index (χ1n) is 5.77. The molecule has 0 radical (unpaired) electrons. The van der Waals surface area contributed by atoms with Crippen LogP contribution in [0.3, 0.4) is 0 Å². The van der Waals surface area contributed by atoms with Gasteiger partial charge in [0.15, 0.2) is 0 Å².